The normalized spacial score (nSPS) is 24.1. The number of nitrogens with zero attached hydrogens (tertiary/aromatic N) is 10. The summed E-state index contributed by atoms with van der Waals surface area (Å²) in [5, 5.41) is 12.9. The van der Waals surface area contributed by atoms with Gasteiger partial charge in [-0.15, -0.1) is 9.05 Å². The van der Waals surface area contributed by atoms with Crippen LogP contribution >= 0.6 is 15.0 Å². The molecule has 0 spiro atoms. The fraction of sp³-hybridized carbons (Fsp3) is 0.500. The van der Waals surface area contributed by atoms with Crippen LogP contribution in [0.1, 0.15) is 51.1 Å². The fourth-order valence-corrected chi connectivity index (χ4v) is 11.9. The highest BCUT2D eigenvalue weighted by Crippen LogP contribution is 2.52. The van der Waals surface area contributed by atoms with Gasteiger partial charge in [0.15, 0.2) is 59.3 Å². The molecule has 4 aliphatic heterocycles. The molecule has 4 aliphatic rings. The first kappa shape index (κ1) is 68.9. The number of nitrogen functional groups attached to an aromatic ring is 1. The molecule has 3 fully saturated rings. The molecule has 1 aromatic carbocycles. The Morgan fingerprint density at radius 3 is 2.19 bits per heavy atom. The van der Waals surface area contributed by atoms with Crippen LogP contribution in [0.3, 0.4) is 0 Å². The van der Waals surface area contributed by atoms with E-state index in [-0.39, 0.29) is 99.3 Å². The van der Waals surface area contributed by atoms with Gasteiger partial charge in [-0.1, -0.05) is 26.0 Å². The maximum absolute atomic E-state index is 16.6. The highest BCUT2D eigenvalue weighted by molar-refractivity contribution is 8.07. The Morgan fingerprint density at radius 1 is 0.849 bits per heavy atom. The number of primary amides is 1. The molecule has 93 heavy (non-hydrogen) atoms. The van der Waals surface area contributed by atoms with Crippen molar-refractivity contribution in [1.29, 1.82) is 0 Å². The Morgan fingerprint density at radius 2 is 1.51 bits per heavy atom. The Kier molecular flexibility index (Phi) is 22.9. The fourth-order valence-electron chi connectivity index (χ4n) is 9.73. The van der Waals surface area contributed by atoms with Crippen LogP contribution in [0.15, 0.2) is 61.7 Å². The number of anilines is 3. The predicted octanol–water partition coefficient (Wildman–Crippen LogP) is 1.57. The van der Waals surface area contributed by atoms with Crippen LogP contribution in [0.2, 0.25) is 0 Å². The number of alkyl halides is 2. The zero-order valence-electron chi connectivity index (χ0n) is 49.6. The van der Waals surface area contributed by atoms with E-state index in [0.717, 1.165) is 45.5 Å². The number of imide groups is 1. The number of ether oxygens (including phenoxy) is 5. The molecule has 36 nitrogen and oxygen atoms in total. The zero-order chi connectivity index (χ0) is 66.7. The molecule has 2 unspecified atom stereocenters. The number of likely N-dealkylation sites (N-methyl/N-ethyl adjacent to an activating group) is 1. The molecule has 9 amide bonds. The number of nitrogens with two attached hydrogens (primary N) is 2. The summed E-state index contributed by atoms with van der Waals surface area (Å²) in [5.74, 6) is -3.33. The summed E-state index contributed by atoms with van der Waals surface area (Å²) >= 11 is 5.24. The number of fused-ring (bicyclic) bond motifs is 4. The number of carbonyl (C=O) groups is 8. The van der Waals surface area contributed by atoms with E-state index in [1.807, 2.05) is 0 Å². The molecule has 4 aromatic heterocycles. The number of urea groups is 1. The minimum atomic E-state index is -4.41. The molecular weight excluding hydrogens is 1300 g/mol. The van der Waals surface area contributed by atoms with Gasteiger partial charge in [0.1, 0.15) is 68.4 Å². The molecule has 0 aliphatic carbocycles. The van der Waals surface area contributed by atoms with E-state index in [9.17, 15) is 47.8 Å². The van der Waals surface area contributed by atoms with Crippen LogP contribution < -0.4 is 38.1 Å². The van der Waals surface area contributed by atoms with Crippen molar-refractivity contribution in [2.75, 3.05) is 76.1 Å². The molecule has 9 rings (SSSR count). The largest absolute Gasteiger partial charge is 0.697 e. The lowest BCUT2D eigenvalue weighted by atomic mass is 10.0. The lowest BCUT2D eigenvalue weighted by molar-refractivity contribution is -0.138. The van der Waals surface area contributed by atoms with Gasteiger partial charge >= 0.3 is 33.2 Å². The Bertz CT molecular complexity index is 3670. The van der Waals surface area contributed by atoms with Crippen molar-refractivity contribution < 1.29 is 98.4 Å². The van der Waals surface area contributed by atoms with Crippen LogP contribution in [0.4, 0.5) is 40.5 Å². The van der Waals surface area contributed by atoms with Gasteiger partial charge in [-0.25, -0.2) is 53.1 Å². The number of imidazole rings is 2. The van der Waals surface area contributed by atoms with E-state index in [4.69, 9.17) is 65.1 Å². The third kappa shape index (κ3) is 17.4. The number of aromatic nitrogens is 8. The van der Waals surface area contributed by atoms with Gasteiger partial charge in [0, 0.05) is 42.4 Å². The van der Waals surface area contributed by atoms with Gasteiger partial charge < -0.3 is 70.7 Å². The average Bonchev–Trinajstić information content (AvgIpc) is 1.63. The summed E-state index contributed by atoms with van der Waals surface area (Å²) in [6.07, 6.45) is -8.42. The number of carbonyl (C=O) groups excluding carboxylic acids is 8. The number of rotatable bonds is 24. The summed E-state index contributed by atoms with van der Waals surface area (Å²) in [6, 6.07) is 3.21. The molecule has 0 bridgehead atoms. The van der Waals surface area contributed by atoms with E-state index < -0.39 is 143 Å². The van der Waals surface area contributed by atoms with Crippen molar-refractivity contribution >= 4 is 114 Å². The van der Waals surface area contributed by atoms with Crippen LogP contribution in [0.25, 0.3) is 22.3 Å². The van der Waals surface area contributed by atoms with Gasteiger partial charge in [-0.05, 0) is 48.3 Å². The smallest absolute Gasteiger partial charge is 0.447 e. The first-order valence-electron chi connectivity index (χ1n) is 28.5. The molecule has 12 atom stereocenters. The highest BCUT2D eigenvalue weighted by Gasteiger charge is 2.56. The van der Waals surface area contributed by atoms with Crippen LogP contribution in [-0.2, 0) is 88.7 Å². The lowest BCUT2D eigenvalue weighted by Gasteiger charge is -2.25. The molecule has 41 heteroatoms. The number of nitrogens with one attached hydrogen (secondary N) is 5. The number of hydrogen-bond donors (Lipinski definition) is 8. The standard InChI is InChI=1S/C52H63F2N17O19P2S/c1-26(2)37(66-32(72)12-16-82-17-15-69-33(73)10-11-34(69)74)47(76)65-29(5-4-13-57-50(56)77)46(75)64-28-8-6-27(7-9-28)19-84-52(79)68(3)14-18-83-51(78)67-43-39-45(61-23-59-43)71(25-63-39)49-36(54)41-30(87-49)20-85-91(80)89-40-31(21-86-92(81,93)90-41)88-48(35(40)53)70-24-62-38-42(55)58-22-60-44(38)70/h6-11,22-26,29-31,35-37,40-41,48-49H,4-5,12-21H2,1-3H3,(H9-,55,56,57,58,59,60,61,64,65,66,67,72,75,76,77,78,81,93)/p+1/t29-,30+,31+,35+,36+,37-,40+,41+,48+,49+,92?/m0/s1. The van der Waals surface area contributed by atoms with E-state index in [1.165, 1.54) is 30.1 Å². The van der Waals surface area contributed by atoms with Crippen molar-refractivity contribution in [3.63, 3.8) is 0 Å². The Balaban J connectivity index is 0.718. The maximum Gasteiger partial charge on any atom is 0.697 e. The zero-order valence-corrected chi connectivity index (χ0v) is 52.2. The molecule has 5 aromatic rings. The lowest BCUT2D eigenvalue weighted by Crippen LogP contribution is -2.54. The summed E-state index contributed by atoms with van der Waals surface area (Å²) in [6.45, 7) is -3.07. The third-order valence-corrected chi connectivity index (χ3v) is 16.8. The second-order valence-electron chi connectivity index (χ2n) is 21.3. The Labute approximate surface area is 531 Å². The van der Waals surface area contributed by atoms with Gasteiger partial charge in [0.2, 0.25) is 17.7 Å². The summed E-state index contributed by atoms with van der Waals surface area (Å²) in [5.41, 5.74) is 12.0. The first-order chi connectivity index (χ1) is 44.4. The maximum atomic E-state index is 16.6. The number of halogens is 2. The van der Waals surface area contributed by atoms with Crippen LogP contribution in [0.5, 0.6) is 0 Å². The topological polar surface area (TPSA) is 463 Å². The molecule has 0 saturated carbocycles. The van der Waals surface area contributed by atoms with Crippen LogP contribution in [0, 0.1) is 5.92 Å². The molecule has 10 N–H and O–H groups in total. The molecule has 0 radical (unpaired) electrons. The van der Waals surface area contributed by atoms with Crippen LogP contribution in [-0.4, -0.2) is 210 Å². The molecule has 8 heterocycles. The van der Waals surface area contributed by atoms with Gasteiger partial charge in [0.25, 0.3) is 11.8 Å². The van der Waals surface area contributed by atoms with E-state index >= 15 is 8.78 Å². The van der Waals surface area contributed by atoms with Gasteiger partial charge in [0.05, 0.1) is 45.6 Å². The third-order valence-electron chi connectivity index (χ3n) is 14.5. The van der Waals surface area contributed by atoms with Crippen molar-refractivity contribution in [1.82, 2.24) is 64.8 Å². The predicted molar refractivity (Wildman–Crippen MR) is 318 cm³/mol. The minimum Gasteiger partial charge on any atom is -0.447 e. The van der Waals surface area contributed by atoms with Crippen molar-refractivity contribution in [3.05, 3.63) is 67.3 Å². The summed E-state index contributed by atoms with van der Waals surface area (Å²) in [4.78, 5) is 139. The first-order valence-corrected chi connectivity index (χ1v) is 32.2. The van der Waals surface area contributed by atoms with Gasteiger partial charge in [-0.2, -0.15) is 0 Å². The van der Waals surface area contributed by atoms with Crippen molar-refractivity contribution in [3.8, 4) is 0 Å². The van der Waals surface area contributed by atoms with E-state index in [2.05, 4.69) is 56.5 Å². The van der Waals surface area contributed by atoms with Crippen molar-refractivity contribution in [2.24, 2.45) is 11.7 Å². The highest BCUT2D eigenvalue weighted by atomic mass is 32.5. The molecule has 500 valence electrons. The summed E-state index contributed by atoms with van der Waals surface area (Å²) in [7, 11) is -1.76. The number of benzene rings is 1. The SMILES string of the molecule is CC(C)[C@H](NC(=O)CCOCCN1C(=O)C=CC1=O)C(=O)N[C@@H](CCCNC(N)=O)C(=O)Nc1ccc(COC(=O)N(C)CCOC(=O)Nc2ncnc3c2ncn3[C@@H]2O[C@@H]3CO[P+](=O)O[C@H]4[C@@H](F)[C@H](n5cnc6c(N)ncnc65)O[C@@H]4COP(O)(=S)O[C@H]3[C@H]2F)cc1. The monoisotopic (exact) mass is 1360 g/mol. The van der Waals surface area contributed by atoms with E-state index in [1.54, 1.807) is 26.0 Å². The second-order valence-corrected chi connectivity index (χ2v) is 25.0. The minimum absolute atomic E-state index is 0.00205. The quantitative estimate of drug-likeness (QED) is 0.0247. The average molecular weight is 1360 g/mol. The number of hydrogen-bond acceptors (Lipinski definition) is 26. The molecule has 3 saturated heterocycles. The summed E-state index contributed by atoms with van der Waals surface area (Å²) < 4.78 is 98.4. The number of amides is 9. The Hall–Kier alpha value is -8.49. The van der Waals surface area contributed by atoms with Gasteiger partial charge in [-0.3, -0.25) is 47.8 Å². The second kappa shape index (κ2) is 31.0. The molecular formula is C52H64F2N17O19P2S+. The van der Waals surface area contributed by atoms with Crippen molar-refractivity contribution in [2.45, 2.75) is 101 Å². The van der Waals surface area contributed by atoms with E-state index in [0.29, 0.717) is 11.3 Å².